The largest absolute Gasteiger partial charge is 0.481 e. The van der Waals surface area contributed by atoms with Crippen molar-refractivity contribution in [2.75, 3.05) is 19.0 Å². The summed E-state index contributed by atoms with van der Waals surface area (Å²) in [6.45, 7) is 1.62. The van der Waals surface area contributed by atoms with E-state index >= 15 is 0 Å². The van der Waals surface area contributed by atoms with Gasteiger partial charge in [-0.15, -0.1) is 0 Å². The Bertz CT molecular complexity index is 391. The van der Waals surface area contributed by atoms with Crippen molar-refractivity contribution >= 4 is 11.7 Å². The van der Waals surface area contributed by atoms with Crippen LogP contribution < -0.4 is 4.90 Å². The molecule has 0 aliphatic rings. The first kappa shape index (κ1) is 12.5. The molecule has 0 bridgehead atoms. The molecule has 1 rings (SSSR count). The van der Waals surface area contributed by atoms with E-state index in [2.05, 4.69) is 0 Å². The van der Waals surface area contributed by atoms with Crippen molar-refractivity contribution < 1.29 is 14.3 Å². The lowest BCUT2D eigenvalue weighted by atomic mass is 9.99. The second kappa shape index (κ2) is 4.96. The first-order valence-electron chi connectivity index (χ1n) is 5.10. The molecule has 88 valence electrons. The number of hydrogen-bond donors (Lipinski definition) is 1. The van der Waals surface area contributed by atoms with Gasteiger partial charge in [-0.25, -0.2) is 4.39 Å². The zero-order valence-corrected chi connectivity index (χ0v) is 9.70. The summed E-state index contributed by atoms with van der Waals surface area (Å²) in [7, 11) is 3.70. The SMILES string of the molecule is CC(Cc1cc(F)ccc1N(C)C)C(=O)O. The van der Waals surface area contributed by atoms with E-state index in [0.717, 1.165) is 11.3 Å². The van der Waals surface area contributed by atoms with E-state index in [1.807, 2.05) is 19.0 Å². The Balaban J connectivity index is 3.01. The summed E-state index contributed by atoms with van der Waals surface area (Å²) in [6, 6.07) is 4.44. The molecule has 1 aromatic rings. The van der Waals surface area contributed by atoms with Crippen molar-refractivity contribution in [1.82, 2.24) is 0 Å². The molecule has 0 aromatic heterocycles. The lowest BCUT2D eigenvalue weighted by Gasteiger charge is -2.18. The maximum absolute atomic E-state index is 13.1. The van der Waals surface area contributed by atoms with Gasteiger partial charge >= 0.3 is 5.97 Å². The van der Waals surface area contributed by atoms with Crippen LogP contribution >= 0.6 is 0 Å². The maximum atomic E-state index is 13.1. The second-order valence-corrected chi connectivity index (χ2v) is 4.11. The standard InChI is InChI=1S/C12H16FNO2/c1-8(12(15)16)6-9-7-10(13)4-5-11(9)14(2)3/h4-5,7-8H,6H2,1-3H3,(H,15,16). The Morgan fingerprint density at radius 1 is 1.50 bits per heavy atom. The molecule has 0 amide bonds. The Hall–Kier alpha value is -1.58. The molecule has 1 N–H and O–H groups in total. The predicted molar refractivity (Wildman–Crippen MR) is 61.2 cm³/mol. The Morgan fingerprint density at radius 3 is 2.62 bits per heavy atom. The highest BCUT2D eigenvalue weighted by molar-refractivity contribution is 5.70. The van der Waals surface area contributed by atoms with Gasteiger partial charge in [-0.1, -0.05) is 6.92 Å². The number of aliphatic carboxylic acids is 1. The smallest absolute Gasteiger partial charge is 0.306 e. The predicted octanol–water partition coefficient (Wildman–Crippen LogP) is 2.15. The maximum Gasteiger partial charge on any atom is 0.306 e. The summed E-state index contributed by atoms with van der Waals surface area (Å²) in [5.41, 5.74) is 1.58. The van der Waals surface area contributed by atoms with E-state index in [1.165, 1.54) is 12.1 Å². The van der Waals surface area contributed by atoms with Gasteiger partial charge in [-0.3, -0.25) is 4.79 Å². The molecule has 0 heterocycles. The summed E-state index contributed by atoms with van der Waals surface area (Å²) in [5, 5.41) is 8.83. The van der Waals surface area contributed by atoms with Gasteiger partial charge in [0.25, 0.3) is 0 Å². The average molecular weight is 225 g/mol. The van der Waals surface area contributed by atoms with Crippen molar-refractivity contribution in [2.45, 2.75) is 13.3 Å². The van der Waals surface area contributed by atoms with Gasteiger partial charge in [0.2, 0.25) is 0 Å². The quantitative estimate of drug-likeness (QED) is 0.853. The van der Waals surface area contributed by atoms with E-state index in [1.54, 1.807) is 13.0 Å². The Morgan fingerprint density at radius 2 is 2.12 bits per heavy atom. The number of nitrogens with zero attached hydrogens (tertiary/aromatic N) is 1. The van der Waals surface area contributed by atoms with Crippen molar-refractivity contribution in [3.05, 3.63) is 29.6 Å². The van der Waals surface area contributed by atoms with E-state index in [0.29, 0.717) is 6.42 Å². The van der Waals surface area contributed by atoms with Crippen LogP contribution in [0.15, 0.2) is 18.2 Å². The molecular formula is C12H16FNO2. The molecule has 3 nitrogen and oxygen atoms in total. The third-order valence-electron chi connectivity index (χ3n) is 2.47. The highest BCUT2D eigenvalue weighted by Gasteiger charge is 2.15. The number of rotatable bonds is 4. The molecule has 1 atom stereocenters. The van der Waals surface area contributed by atoms with Crippen LogP contribution in [-0.2, 0) is 11.2 Å². The fourth-order valence-electron chi connectivity index (χ4n) is 1.57. The Kier molecular flexibility index (Phi) is 3.88. The normalized spacial score (nSPS) is 12.2. The van der Waals surface area contributed by atoms with Gasteiger partial charge < -0.3 is 10.0 Å². The molecule has 0 aliphatic heterocycles. The van der Waals surface area contributed by atoms with Crippen molar-refractivity contribution in [1.29, 1.82) is 0 Å². The highest BCUT2D eigenvalue weighted by Crippen LogP contribution is 2.22. The molecule has 4 heteroatoms. The monoisotopic (exact) mass is 225 g/mol. The molecule has 0 saturated carbocycles. The topological polar surface area (TPSA) is 40.5 Å². The molecular weight excluding hydrogens is 209 g/mol. The van der Waals surface area contributed by atoms with Crippen LogP contribution in [0.4, 0.5) is 10.1 Å². The van der Waals surface area contributed by atoms with Gasteiger partial charge in [0, 0.05) is 19.8 Å². The van der Waals surface area contributed by atoms with Crippen LogP contribution in [0.3, 0.4) is 0 Å². The zero-order chi connectivity index (χ0) is 12.3. The van der Waals surface area contributed by atoms with Gasteiger partial charge in [0.1, 0.15) is 5.82 Å². The molecule has 1 aromatic carbocycles. The minimum Gasteiger partial charge on any atom is -0.481 e. The number of hydrogen-bond acceptors (Lipinski definition) is 2. The summed E-state index contributed by atoms with van der Waals surface area (Å²) < 4.78 is 13.1. The number of anilines is 1. The van der Waals surface area contributed by atoms with Gasteiger partial charge in [0.05, 0.1) is 5.92 Å². The molecule has 0 spiro atoms. The van der Waals surface area contributed by atoms with Crippen LogP contribution in [-0.4, -0.2) is 25.2 Å². The van der Waals surface area contributed by atoms with Gasteiger partial charge in [0.15, 0.2) is 0 Å². The molecule has 0 aliphatic carbocycles. The van der Waals surface area contributed by atoms with E-state index < -0.39 is 11.9 Å². The van der Waals surface area contributed by atoms with Crippen molar-refractivity contribution in [3.8, 4) is 0 Å². The minimum absolute atomic E-state index is 0.334. The lowest BCUT2D eigenvalue weighted by Crippen LogP contribution is -2.16. The van der Waals surface area contributed by atoms with Gasteiger partial charge in [-0.2, -0.15) is 0 Å². The number of carbonyl (C=O) groups is 1. The Labute approximate surface area is 94.5 Å². The molecule has 16 heavy (non-hydrogen) atoms. The molecule has 0 fully saturated rings. The third kappa shape index (κ3) is 2.95. The van der Waals surface area contributed by atoms with Gasteiger partial charge in [-0.05, 0) is 30.2 Å². The summed E-state index contributed by atoms with van der Waals surface area (Å²) in [5.74, 6) is -1.72. The van der Waals surface area contributed by atoms with Crippen molar-refractivity contribution in [2.24, 2.45) is 5.92 Å². The van der Waals surface area contributed by atoms with E-state index in [9.17, 15) is 9.18 Å². The molecule has 0 radical (unpaired) electrons. The van der Waals surface area contributed by atoms with Crippen LogP contribution in [0.2, 0.25) is 0 Å². The van der Waals surface area contributed by atoms with Crippen molar-refractivity contribution in [3.63, 3.8) is 0 Å². The molecule has 1 unspecified atom stereocenters. The number of benzene rings is 1. The zero-order valence-electron chi connectivity index (χ0n) is 9.70. The lowest BCUT2D eigenvalue weighted by molar-refractivity contribution is -0.141. The van der Waals surface area contributed by atoms with Crippen LogP contribution in [0.25, 0.3) is 0 Å². The van der Waals surface area contributed by atoms with E-state index in [4.69, 9.17) is 5.11 Å². The minimum atomic E-state index is -0.867. The second-order valence-electron chi connectivity index (χ2n) is 4.11. The number of carboxylic acid groups (broad SMARTS) is 1. The highest BCUT2D eigenvalue weighted by atomic mass is 19.1. The number of carboxylic acids is 1. The average Bonchev–Trinajstić information content (AvgIpc) is 2.16. The summed E-state index contributed by atoms with van der Waals surface area (Å²) in [6.07, 6.45) is 0.334. The van der Waals surface area contributed by atoms with Crippen LogP contribution in [0, 0.1) is 11.7 Å². The third-order valence-corrected chi connectivity index (χ3v) is 2.47. The summed E-state index contributed by atoms with van der Waals surface area (Å²) in [4.78, 5) is 12.6. The van der Waals surface area contributed by atoms with E-state index in [-0.39, 0.29) is 5.82 Å². The van der Waals surface area contributed by atoms with Crippen LogP contribution in [0.5, 0.6) is 0 Å². The first-order valence-corrected chi connectivity index (χ1v) is 5.10. The van der Waals surface area contributed by atoms with Crippen LogP contribution in [0.1, 0.15) is 12.5 Å². The first-order chi connectivity index (χ1) is 7.41. The molecule has 0 saturated heterocycles. The number of halogens is 1. The fourth-order valence-corrected chi connectivity index (χ4v) is 1.57. The summed E-state index contributed by atoms with van der Waals surface area (Å²) >= 11 is 0. The fraction of sp³-hybridized carbons (Fsp3) is 0.417.